The highest BCUT2D eigenvalue weighted by molar-refractivity contribution is 5.98. The van der Waals surface area contributed by atoms with E-state index in [4.69, 9.17) is 0 Å². The molecule has 0 saturated carbocycles. The smallest absolute Gasteiger partial charge is 0.254 e. The summed E-state index contributed by atoms with van der Waals surface area (Å²) in [5, 5.41) is 3.37. The number of carbonyl (C=O) groups excluding carboxylic acids is 1. The van der Waals surface area contributed by atoms with E-state index in [0.717, 1.165) is 28.5 Å². The fourth-order valence-corrected chi connectivity index (χ4v) is 4.93. The molecule has 1 amide bonds. The number of aromatic nitrogens is 3. The molecule has 35 heavy (non-hydrogen) atoms. The van der Waals surface area contributed by atoms with Crippen molar-refractivity contribution >= 4 is 38.6 Å². The Hall–Kier alpha value is -4.38. The Morgan fingerprint density at radius 2 is 1.77 bits per heavy atom. The van der Waals surface area contributed by atoms with E-state index >= 15 is 0 Å². The van der Waals surface area contributed by atoms with Gasteiger partial charge in [0.2, 0.25) is 0 Å². The summed E-state index contributed by atoms with van der Waals surface area (Å²) in [4.78, 5) is 23.5. The number of carbonyl (C=O) groups is 1. The molecule has 0 fully saturated rings. The Morgan fingerprint density at radius 1 is 0.943 bits per heavy atom. The topological polar surface area (TPSA) is 53.9 Å². The van der Waals surface area contributed by atoms with Crippen LogP contribution in [0.4, 0.5) is 0 Å². The van der Waals surface area contributed by atoms with E-state index in [9.17, 15) is 4.79 Å². The lowest BCUT2D eigenvalue weighted by atomic mass is 10.1. The zero-order chi connectivity index (χ0) is 23.8. The van der Waals surface area contributed by atoms with Crippen LogP contribution in [0, 0.1) is 0 Å². The molecule has 5 nitrogen and oxygen atoms in total. The summed E-state index contributed by atoms with van der Waals surface area (Å²) in [6.07, 6.45) is 4.61. The van der Waals surface area contributed by atoms with E-state index in [1.54, 1.807) is 6.20 Å². The fourth-order valence-electron chi connectivity index (χ4n) is 4.93. The average Bonchev–Trinajstić information content (AvgIpc) is 3.46. The number of para-hydroxylation sites is 2. The first-order valence-corrected chi connectivity index (χ1v) is 11.9. The lowest BCUT2D eigenvalue weighted by Gasteiger charge is -2.23. The second-order valence-corrected chi connectivity index (χ2v) is 9.00. The molecule has 5 heteroatoms. The van der Waals surface area contributed by atoms with Crippen molar-refractivity contribution in [1.82, 2.24) is 19.4 Å². The number of nitrogens with one attached hydrogen (secondary N) is 1. The van der Waals surface area contributed by atoms with Crippen LogP contribution < -0.4 is 0 Å². The summed E-state index contributed by atoms with van der Waals surface area (Å²) >= 11 is 0. The van der Waals surface area contributed by atoms with Crippen molar-refractivity contribution in [1.29, 1.82) is 0 Å². The van der Waals surface area contributed by atoms with Gasteiger partial charge in [0.1, 0.15) is 0 Å². The quantitative estimate of drug-likeness (QED) is 0.328. The molecule has 0 spiro atoms. The van der Waals surface area contributed by atoms with Gasteiger partial charge in [-0.15, -0.1) is 0 Å². The molecule has 0 aliphatic rings. The normalized spacial score (nSPS) is 11.5. The van der Waals surface area contributed by atoms with Crippen LogP contribution in [-0.4, -0.2) is 31.9 Å². The van der Waals surface area contributed by atoms with Crippen molar-refractivity contribution in [2.75, 3.05) is 6.54 Å². The van der Waals surface area contributed by atoms with Gasteiger partial charge in [0, 0.05) is 59.0 Å². The maximum absolute atomic E-state index is 13.8. The van der Waals surface area contributed by atoms with Crippen LogP contribution in [0.15, 0.2) is 97.3 Å². The third-order valence-corrected chi connectivity index (χ3v) is 6.87. The first kappa shape index (κ1) is 21.2. The van der Waals surface area contributed by atoms with Gasteiger partial charge in [-0.1, -0.05) is 42.5 Å². The van der Waals surface area contributed by atoms with Gasteiger partial charge >= 0.3 is 0 Å². The van der Waals surface area contributed by atoms with Crippen LogP contribution >= 0.6 is 0 Å². The standard InChI is InChI=1S/C30H26N4O/c1-33-25(18-22-7-2-5-11-29(22)33)20-34(16-14-24-19-32-28-10-4-3-9-26(24)28)30(35)23-12-13-27-21(17-23)8-6-15-31-27/h2-13,15,17-19,32H,14,16,20H2,1H3. The maximum atomic E-state index is 13.8. The summed E-state index contributed by atoms with van der Waals surface area (Å²) in [6, 6.07) is 28.5. The molecule has 6 rings (SSSR count). The van der Waals surface area contributed by atoms with E-state index in [-0.39, 0.29) is 5.91 Å². The fraction of sp³-hybridized carbons (Fsp3) is 0.133. The van der Waals surface area contributed by atoms with Crippen molar-refractivity contribution in [3.8, 4) is 0 Å². The van der Waals surface area contributed by atoms with Gasteiger partial charge in [0.15, 0.2) is 0 Å². The molecule has 3 heterocycles. The first-order valence-electron chi connectivity index (χ1n) is 11.9. The Morgan fingerprint density at radius 3 is 2.69 bits per heavy atom. The molecular weight excluding hydrogens is 432 g/mol. The van der Waals surface area contributed by atoms with Gasteiger partial charge in [0.05, 0.1) is 12.1 Å². The van der Waals surface area contributed by atoms with Crippen molar-refractivity contribution in [3.63, 3.8) is 0 Å². The highest BCUT2D eigenvalue weighted by Crippen LogP contribution is 2.23. The number of fused-ring (bicyclic) bond motifs is 3. The zero-order valence-electron chi connectivity index (χ0n) is 19.6. The predicted octanol–water partition coefficient (Wildman–Crippen LogP) is 6.09. The summed E-state index contributed by atoms with van der Waals surface area (Å²) < 4.78 is 2.19. The summed E-state index contributed by atoms with van der Waals surface area (Å²) in [5.41, 5.74) is 6.20. The number of nitrogens with zero attached hydrogens (tertiary/aromatic N) is 3. The molecule has 0 bridgehead atoms. The lowest BCUT2D eigenvalue weighted by molar-refractivity contribution is 0.0742. The van der Waals surface area contributed by atoms with Crippen LogP contribution in [0.1, 0.15) is 21.6 Å². The Kier molecular flexibility index (Phi) is 5.30. The minimum absolute atomic E-state index is 0.0286. The van der Waals surface area contributed by atoms with E-state index in [2.05, 4.69) is 76.3 Å². The Balaban J connectivity index is 1.34. The molecule has 3 aromatic heterocycles. The number of aromatic amines is 1. The first-order chi connectivity index (χ1) is 17.2. The van der Waals surface area contributed by atoms with Gasteiger partial charge in [-0.05, 0) is 59.8 Å². The minimum atomic E-state index is 0.0286. The SMILES string of the molecule is Cn1c(CN(CCc2c[nH]c3ccccc23)C(=O)c2ccc3ncccc3c2)cc2ccccc21. The van der Waals surface area contributed by atoms with Crippen LogP contribution in [0.3, 0.4) is 0 Å². The van der Waals surface area contributed by atoms with E-state index in [1.165, 1.54) is 21.9 Å². The predicted molar refractivity (Wildman–Crippen MR) is 141 cm³/mol. The van der Waals surface area contributed by atoms with Gasteiger partial charge < -0.3 is 14.5 Å². The van der Waals surface area contributed by atoms with Crippen molar-refractivity contribution in [3.05, 3.63) is 114 Å². The third kappa shape index (κ3) is 3.95. The number of aryl methyl sites for hydroxylation is 1. The average molecular weight is 459 g/mol. The molecule has 0 atom stereocenters. The molecule has 172 valence electrons. The van der Waals surface area contributed by atoms with Gasteiger partial charge in [0.25, 0.3) is 5.91 Å². The second-order valence-electron chi connectivity index (χ2n) is 9.00. The molecule has 1 N–H and O–H groups in total. The van der Waals surface area contributed by atoms with Gasteiger partial charge in [-0.3, -0.25) is 9.78 Å². The van der Waals surface area contributed by atoms with E-state index < -0.39 is 0 Å². The van der Waals surface area contributed by atoms with E-state index in [0.29, 0.717) is 18.7 Å². The lowest BCUT2D eigenvalue weighted by Crippen LogP contribution is -2.33. The molecule has 0 saturated heterocycles. The summed E-state index contributed by atoms with van der Waals surface area (Å²) in [6.45, 7) is 1.16. The van der Waals surface area contributed by atoms with E-state index in [1.807, 2.05) is 41.3 Å². The molecule has 0 unspecified atom stereocenters. The van der Waals surface area contributed by atoms with Crippen molar-refractivity contribution < 1.29 is 4.79 Å². The molecule has 0 aliphatic carbocycles. The largest absolute Gasteiger partial charge is 0.361 e. The van der Waals surface area contributed by atoms with Crippen molar-refractivity contribution in [2.24, 2.45) is 7.05 Å². The Labute approximate surface area is 203 Å². The number of amides is 1. The number of H-pyrrole nitrogens is 1. The Bertz CT molecular complexity index is 1680. The summed E-state index contributed by atoms with van der Waals surface area (Å²) in [7, 11) is 2.07. The molecule has 0 radical (unpaired) electrons. The maximum Gasteiger partial charge on any atom is 0.254 e. The van der Waals surface area contributed by atoms with Crippen molar-refractivity contribution in [2.45, 2.75) is 13.0 Å². The van der Waals surface area contributed by atoms with Crippen LogP contribution in [0.5, 0.6) is 0 Å². The molecular formula is C30H26N4O. The molecule has 0 aliphatic heterocycles. The summed E-state index contributed by atoms with van der Waals surface area (Å²) in [5.74, 6) is 0.0286. The monoisotopic (exact) mass is 458 g/mol. The van der Waals surface area contributed by atoms with Crippen LogP contribution in [-0.2, 0) is 20.0 Å². The highest BCUT2D eigenvalue weighted by atomic mass is 16.2. The van der Waals surface area contributed by atoms with Gasteiger partial charge in [-0.25, -0.2) is 0 Å². The zero-order valence-corrected chi connectivity index (χ0v) is 19.6. The second kappa shape index (κ2) is 8.76. The van der Waals surface area contributed by atoms with Gasteiger partial charge in [-0.2, -0.15) is 0 Å². The van der Waals surface area contributed by atoms with Crippen LogP contribution in [0.2, 0.25) is 0 Å². The number of pyridine rings is 1. The van der Waals surface area contributed by atoms with Crippen LogP contribution in [0.25, 0.3) is 32.7 Å². The third-order valence-electron chi connectivity index (χ3n) is 6.87. The minimum Gasteiger partial charge on any atom is -0.361 e. The number of benzene rings is 3. The highest BCUT2D eigenvalue weighted by Gasteiger charge is 2.19. The molecule has 6 aromatic rings. The number of hydrogen-bond donors (Lipinski definition) is 1. The number of rotatable bonds is 6. The molecule has 3 aromatic carbocycles. The number of hydrogen-bond acceptors (Lipinski definition) is 2.